The first-order chi connectivity index (χ1) is 16.4. The van der Waals surface area contributed by atoms with E-state index >= 15 is 0 Å². The molecule has 1 unspecified atom stereocenters. The van der Waals surface area contributed by atoms with Gasteiger partial charge >= 0.3 is 6.09 Å². The van der Waals surface area contributed by atoms with E-state index in [1.807, 2.05) is 48.7 Å². The Kier molecular flexibility index (Phi) is 6.02. The minimum absolute atomic E-state index is 0.162. The van der Waals surface area contributed by atoms with E-state index in [2.05, 4.69) is 5.32 Å². The van der Waals surface area contributed by atoms with E-state index in [9.17, 15) is 9.59 Å². The molecule has 34 heavy (non-hydrogen) atoms. The molecule has 2 aliphatic rings. The molecule has 0 saturated carbocycles. The lowest BCUT2D eigenvalue weighted by Crippen LogP contribution is -2.40. The molecule has 0 radical (unpaired) electrons. The van der Waals surface area contributed by atoms with Crippen LogP contribution in [0.4, 0.5) is 16.2 Å². The second-order valence-corrected chi connectivity index (χ2v) is 9.77. The fourth-order valence-corrected chi connectivity index (χ4v) is 5.22. The molecule has 3 aromatic rings. The summed E-state index contributed by atoms with van der Waals surface area (Å²) in [6.45, 7) is 3.75. The molecule has 1 aromatic heterocycles. The average molecular weight is 478 g/mol. The molecule has 2 fully saturated rings. The second kappa shape index (κ2) is 9.12. The van der Waals surface area contributed by atoms with Gasteiger partial charge in [0.15, 0.2) is 0 Å². The maximum atomic E-state index is 12.9. The summed E-state index contributed by atoms with van der Waals surface area (Å²) in [4.78, 5) is 28.3. The molecule has 5 rings (SSSR count). The van der Waals surface area contributed by atoms with Gasteiger partial charge < -0.3 is 20.5 Å². The number of carbonyl (C=O) groups excluding carboxylic acids is 2. The Morgan fingerprint density at radius 1 is 1.15 bits per heavy atom. The molecule has 0 aliphatic carbocycles. The third kappa shape index (κ3) is 4.38. The molecule has 8 heteroatoms. The lowest BCUT2D eigenvalue weighted by Gasteiger charge is -2.31. The first kappa shape index (κ1) is 22.4. The van der Waals surface area contributed by atoms with E-state index in [0.717, 1.165) is 28.8 Å². The summed E-state index contributed by atoms with van der Waals surface area (Å²) in [7, 11) is 0. The summed E-state index contributed by atoms with van der Waals surface area (Å²) in [6, 6.07) is 16.8. The molecule has 2 amide bonds. The van der Waals surface area contributed by atoms with Crippen molar-refractivity contribution in [1.82, 2.24) is 4.90 Å². The zero-order valence-corrected chi connectivity index (χ0v) is 19.8. The van der Waals surface area contributed by atoms with Gasteiger partial charge in [-0.05, 0) is 53.8 Å². The van der Waals surface area contributed by atoms with E-state index in [1.54, 1.807) is 34.4 Å². The fourth-order valence-electron chi connectivity index (χ4n) is 4.50. The average Bonchev–Trinajstić information content (AvgIpc) is 3.49. The first-order valence-electron chi connectivity index (χ1n) is 11.4. The van der Waals surface area contributed by atoms with Crippen LogP contribution in [0, 0.1) is 0 Å². The predicted molar refractivity (Wildman–Crippen MR) is 133 cm³/mol. The molecule has 3 heterocycles. The Balaban J connectivity index is 1.27. The van der Waals surface area contributed by atoms with Gasteiger partial charge in [-0.25, -0.2) is 4.79 Å². The SMILES string of the molecule is CC(c1ccc(C(=O)Nc2cc(-c3cccs3)ccc2N)cc1)N1CC2(CCOCC2)OC1=O. The van der Waals surface area contributed by atoms with Crippen molar-refractivity contribution >= 4 is 34.7 Å². The van der Waals surface area contributed by atoms with Gasteiger partial charge in [-0.15, -0.1) is 11.3 Å². The zero-order chi connectivity index (χ0) is 23.7. The number of rotatable bonds is 5. The molecule has 2 saturated heterocycles. The van der Waals surface area contributed by atoms with Crippen LogP contribution < -0.4 is 11.1 Å². The van der Waals surface area contributed by atoms with Crippen LogP contribution in [0.3, 0.4) is 0 Å². The Morgan fingerprint density at radius 2 is 1.91 bits per heavy atom. The van der Waals surface area contributed by atoms with E-state index in [-0.39, 0.29) is 18.0 Å². The van der Waals surface area contributed by atoms with Crippen molar-refractivity contribution in [3.8, 4) is 10.4 Å². The molecule has 1 spiro atoms. The highest BCUT2D eigenvalue weighted by molar-refractivity contribution is 7.13. The lowest BCUT2D eigenvalue weighted by atomic mass is 9.93. The molecule has 3 N–H and O–H groups in total. The highest BCUT2D eigenvalue weighted by Crippen LogP contribution is 2.37. The zero-order valence-electron chi connectivity index (χ0n) is 19.0. The van der Waals surface area contributed by atoms with Crippen LogP contribution in [-0.2, 0) is 9.47 Å². The van der Waals surface area contributed by atoms with Gasteiger partial charge in [-0.3, -0.25) is 9.69 Å². The number of anilines is 2. The molecule has 2 aliphatic heterocycles. The Hall–Kier alpha value is -3.36. The smallest absolute Gasteiger partial charge is 0.411 e. The largest absolute Gasteiger partial charge is 0.441 e. The highest BCUT2D eigenvalue weighted by Gasteiger charge is 2.47. The predicted octanol–water partition coefficient (Wildman–Crippen LogP) is 5.31. The standard InChI is InChI=1S/C26H27N3O4S/c1-17(29-16-26(33-25(29)31)10-12-32-13-11-26)18-4-6-19(7-5-18)24(30)28-22-15-20(8-9-21(22)27)23-3-2-14-34-23/h2-9,14-15,17H,10-13,16,27H2,1H3,(H,28,30). The van der Waals surface area contributed by atoms with Gasteiger partial charge in [0.1, 0.15) is 5.60 Å². The Bertz CT molecular complexity index is 1190. The van der Waals surface area contributed by atoms with Crippen LogP contribution in [0.1, 0.15) is 41.7 Å². The number of hydrogen-bond acceptors (Lipinski definition) is 6. The van der Waals surface area contributed by atoms with Crippen LogP contribution >= 0.6 is 11.3 Å². The highest BCUT2D eigenvalue weighted by atomic mass is 32.1. The normalized spacial score (nSPS) is 18.0. The number of amides is 2. The summed E-state index contributed by atoms with van der Waals surface area (Å²) < 4.78 is 11.2. The van der Waals surface area contributed by atoms with Crippen molar-refractivity contribution in [2.24, 2.45) is 0 Å². The molecule has 2 aromatic carbocycles. The maximum Gasteiger partial charge on any atom is 0.411 e. The number of nitrogens with zero attached hydrogens (tertiary/aromatic N) is 1. The third-order valence-corrected chi connectivity index (χ3v) is 7.55. The summed E-state index contributed by atoms with van der Waals surface area (Å²) in [5, 5.41) is 4.93. The molecule has 1 atom stereocenters. The van der Waals surface area contributed by atoms with Crippen molar-refractivity contribution < 1.29 is 19.1 Å². The first-order valence-corrected chi connectivity index (χ1v) is 12.2. The second-order valence-electron chi connectivity index (χ2n) is 8.82. The van der Waals surface area contributed by atoms with Crippen LogP contribution in [0.5, 0.6) is 0 Å². The van der Waals surface area contributed by atoms with Crippen molar-refractivity contribution in [2.45, 2.75) is 31.4 Å². The number of nitrogen functional groups attached to an aromatic ring is 1. The number of carbonyl (C=O) groups is 2. The maximum absolute atomic E-state index is 12.9. The van der Waals surface area contributed by atoms with Crippen molar-refractivity contribution in [1.29, 1.82) is 0 Å². The van der Waals surface area contributed by atoms with Gasteiger partial charge in [0, 0.05) is 23.3 Å². The summed E-state index contributed by atoms with van der Waals surface area (Å²) >= 11 is 1.63. The quantitative estimate of drug-likeness (QED) is 0.486. The van der Waals surface area contributed by atoms with Crippen LogP contribution in [-0.4, -0.2) is 42.3 Å². The fraction of sp³-hybridized carbons (Fsp3) is 0.308. The minimum atomic E-state index is -0.443. The topological polar surface area (TPSA) is 93.9 Å². The van der Waals surface area contributed by atoms with Gasteiger partial charge in [-0.1, -0.05) is 24.3 Å². The van der Waals surface area contributed by atoms with E-state index < -0.39 is 5.60 Å². The monoisotopic (exact) mass is 477 g/mol. The van der Waals surface area contributed by atoms with E-state index in [1.165, 1.54) is 0 Å². The van der Waals surface area contributed by atoms with Crippen LogP contribution in [0.15, 0.2) is 60.0 Å². The lowest BCUT2D eigenvalue weighted by molar-refractivity contribution is -0.0438. The van der Waals surface area contributed by atoms with E-state index in [4.69, 9.17) is 15.2 Å². The molecular formula is C26H27N3O4S. The molecule has 176 valence electrons. The number of nitrogens with one attached hydrogen (secondary N) is 1. The summed E-state index contributed by atoms with van der Waals surface area (Å²) in [6.07, 6.45) is 1.15. The minimum Gasteiger partial charge on any atom is -0.441 e. The van der Waals surface area contributed by atoms with Gasteiger partial charge in [-0.2, -0.15) is 0 Å². The van der Waals surface area contributed by atoms with E-state index in [0.29, 0.717) is 36.7 Å². The third-order valence-electron chi connectivity index (χ3n) is 6.63. The van der Waals surface area contributed by atoms with Crippen LogP contribution in [0.25, 0.3) is 10.4 Å². The number of ether oxygens (including phenoxy) is 2. The van der Waals surface area contributed by atoms with Crippen molar-refractivity contribution in [2.75, 3.05) is 30.8 Å². The molecule has 0 bridgehead atoms. The molecule has 7 nitrogen and oxygen atoms in total. The number of benzene rings is 2. The number of nitrogens with two attached hydrogens (primary N) is 1. The summed E-state index contributed by atoms with van der Waals surface area (Å²) in [5.41, 5.74) is 9.21. The number of thiophene rings is 1. The summed E-state index contributed by atoms with van der Waals surface area (Å²) in [5.74, 6) is -0.240. The van der Waals surface area contributed by atoms with Gasteiger partial charge in [0.05, 0.1) is 37.2 Å². The Labute approximate surface area is 202 Å². The Morgan fingerprint density at radius 3 is 2.62 bits per heavy atom. The van der Waals surface area contributed by atoms with Gasteiger partial charge in [0.2, 0.25) is 0 Å². The molecular weight excluding hydrogens is 450 g/mol. The van der Waals surface area contributed by atoms with Crippen molar-refractivity contribution in [3.05, 3.63) is 71.1 Å². The van der Waals surface area contributed by atoms with Crippen molar-refractivity contribution in [3.63, 3.8) is 0 Å². The van der Waals surface area contributed by atoms with Crippen LogP contribution in [0.2, 0.25) is 0 Å². The van der Waals surface area contributed by atoms with Gasteiger partial charge in [0.25, 0.3) is 5.91 Å². The number of hydrogen-bond donors (Lipinski definition) is 2.